The maximum Gasteiger partial charge on any atom is 0.325 e. The van der Waals surface area contributed by atoms with E-state index < -0.39 is 72.1 Å². The quantitative estimate of drug-likeness (QED) is 0.108. The molecule has 15 nitrogen and oxygen atoms in total. The van der Waals surface area contributed by atoms with Gasteiger partial charge in [-0.2, -0.15) is 0 Å². The summed E-state index contributed by atoms with van der Waals surface area (Å²) in [7, 11) is 0. The van der Waals surface area contributed by atoms with Gasteiger partial charge in [-0.25, -0.2) is 0 Å². The number of aliphatic carboxylic acids is 2. The van der Waals surface area contributed by atoms with Crippen LogP contribution in [0.1, 0.15) is 45.4 Å². The molecule has 0 spiro atoms. The third kappa shape index (κ3) is 12.6. The SMILES string of the molecule is CC(NC(=O)C(CCC(N)=O)NC(=O)C(CCC(N)=O)NC(=O)C(N)CCC(=O)O)C(=O)O. The number of carbonyl (C=O) groups excluding carboxylic acids is 5. The Balaban J connectivity index is 5.45. The first-order valence-corrected chi connectivity index (χ1v) is 9.92. The summed E-state index contributed by atoms with van der Waals surface area (Å²) < 4.78 is 0. The molecule has 0 bridgehead atoms. The maximum atomic E-state index is 12.7. The normalized spacial score (nSPS) is 14.1. The molecule has 0 aliphatic heterocycles. The van der Waals surface area contributed by atoms with E-state index in [0.29, 0.717) is 0 Å². The minimum Gasteiger partial charge on any atom is -0.481 e. The first-order chi connectivity index (χ1) is 15.2. The van der Waals surface area contributed by atoms with Crippen LogP contribution in [0.15, 0.2) is 0 Å². The number of carboxylic acid groups (broad SMARTS) is 2. The summed E-state index contributed by atoms with van der Waals surface area (Å²) in [6, 6.07) is -5.35. The second kappa shape index (κ2) is 14.3. The first-order valence-electron chi connectivity index (χ1n) is 9.92. The molecule has 0 aliphatic rings. The van der Waals surface area contributed by atoms with Gasteiger partial charge in [-0.15, -0.1) is 0 Å². The van der Waals surface area contributed by atoms with Crippen LogP contribution < -0.4 is 33.2 Å². The number of rotatable bonds is 16. The van der Waals surface area contributed by atoms with E-state index in [2.05, 4.69) is 16.0 Å². The minimum absolute atomic E-state index is 0.220. The lowest BCUT2D eigenvalue weighted by molar-refractivity contribution is -0.142. The van der Waals surface area contributed by atoms with Gasteiger partial charge in [0.15, 0.2) is 0 Å². The predicted molar refractivity (Wildman–Crippen MR) is 111 cm³/mol. The van der Waals surface area contributed by atoms with Crippen LogP contribution in [0, 0.1) is 0 Å². The molecular weight excluding hydrogens is 444 g/mol. The Kier molecular flexibility index (Phi) is 12.7. The van der Waals surface area contributed by atoms with Gasteiger partial charge in [-0.05, 0) is 26.2 Å². The second-order valence-electron chi connectivity index (χ2n) is 7.24. The summed E-state index contributed by atoms with van der Waals surface area (Å²) in [4.78, 5) is 81.2. The Labute approximate surface area is 188 Å². The molecule has 4 atom stereocenters. The second-order valence-corrected chi connectivity index (χ2v) is 7.24. The van der Waals surface area contributed by atoms with Crippen molar-refractivity contribution in [2.24, 2.45) is 17.2 Å². The molecule has 0 saturated heterocycles. The largest absolute Gasteiger partial charge is 0.481 e. The molecule has 33 heavy (non-hydrogen) atoms. The van der Waals surface area contributed by atoms with Crippen molar-refractivity contribution in [1.29, 1.82) is 0 Å². The van der Waals surface area contributed by atoms with Gasteiger partial charge in [0.2, 0.25) is 29.5 Å². The van der Waals surface area contributed by atoms with Crippen molar-refractivity contribution in [2.75, 3.05) is 0 Å². The van der Waals surface area contributed by atoms with E-state index in [1.54, 1.807) is 0 Å². The number of primary amides is 2. The first kappa shape index (κ1) is 29.2. The molecule has 0 aliphatic carbocycles. The van der Waals surface area contributed by atoms with Crippen LogP contribution in [0.25, 0.3) is 0 Å². The summed E-state index contributed by atoms with van der Waals surface area (Å²) in [5, 5.41) is 24.3. The van der Waals surface area contributed by atoms with Crippen molar-refractivity contribution in [1.82, 2.24) is 16.0 Å². The Bertz CT molecular complexity index is 773. The zero-order chi connectivity index (χ0) is 25.7. The summed E-state index contributed by atoms with van der Waals surface area (Å²) in [5.41, 5.74) is 15.8. The van der Waals surface area contributed by atoms with Gasteiger partial charge in [0.1, 0.15) is 18.1 Å². The Hall–Kier alpha value is -3.75. The Morgan fingerprint density at radius 1 is 0.697 bits per heavy atom. The van der Waals surface area contributed by atoms with E-state index >= 15 is 0 Å². The Morgan fingerprint density at radius 2 is 1.12 bits per heavy atom. The average molecular weight is 474 g/mol. The highest BCUT2D eigenvalue weighted by molar-refractivity contribution is 5.94. The number of nitrogens with two attached hydrogens (primary N) is 3. The highest BCUT2D eigenvalue weighted by Crippen LogP contribution is 2.04. The fourth-order valence-electron chi connectivity index (χ4n) is 2.45. The average Bonchev–Trinajstić information content (AvgIpc) is 2.71. The van der Waals surface area contributed by atoms with Crippen LogP contribution in [-0.2, 0) is 33.6 Å². The third-order valence-corrected chi connectivity index (χ3v) is 4.36. The molecule has 186 valence electrons. The van der Waals surface area contributed by atoms with Crippen LogP contribution in [0.4, 0.5) is 0 Å². The molecule has 15 heteroatoms. The van der Waals surface area contributed by atoms with Gasteiger partial charge >= 0.3 is 11.9 Å². The minimum atomic E-state index is -1.39. The van der Waals surface area contributed by atoms with Crippen molar-refractivity contribution < 1.29 is 43.8 Å². The van der Waals surface area contributed by atoms with Crippen molar-refractivity contribution in [3.63, 3.8) is 0 Å². The van der Waals surface area contributed by atoms with Crippen molar-refractivity contribution in [3.05, 3.63) is 0 Å². The summed E-state index contributed by atoms with van der Waals surface area (Å²) >= 11 is 0. The van der Waals surface area contributed by atoms with E-state index in [1.807, 2.05) is 0 Å². The van der Waals surface area contributed by atoms with Gasteiger partial charge < -0.3 is 43.4 Å². The monoisotopic (exact) mass is 474 g/mol. The molecule has 0 fully saturated rings. The molecule has 0 heterocycles. The van der Waals surface area contributed by atoms with Crippen molar-refractivity contribution in [2.45, 2.75) is 69.6 Å². The van der Waals surface area contributed by atoms with Crippen molar-refractivity contribution >= 4 is 41.5 Å². The maximum absolute atomic E-state index is 12.7. The van der Waals surface area contributed by atoms with E-state index in [4.69, 9.17) is 27.4 Å². The number of carbonyl (C=O) groups is 7. The number of nitrogens with one attached hydrogen (secondary N) is 3. The van der Waals surface area contributed by atoms with Crippen LogP contribution >= 0.6 is 0 Å². The molecule has 0 aromatic heterocycles. The summed E-state index contributed by atoms with van der Waals surface area (Å²) in [5.74, 6) is -6.82. The molecule has 5 amide bonds. The highest BCUT2D eigenvalue weighted by atomic mass is 16.4. The van der Waals surface area contributed by atoms with Gasteiger partial charge in [-0.1, -0.05) is 0 Å². The fraction of sp³-hybridized carbons (Fsp3) is 0.611. The third-order valence-electron chi connectivity index (χ3n) is 4.36. The van der Waals surface area contributed by atoms with Gasteiger partial charge in [0.25, 0.3) is 0 Å². The fourth-order valence-corrected chi connectivity index (χ4v) is 2.45. The lowest BCUT2D eigenvalue weighted by atomic mass is 10.1. The molecule has 11 N–H and O–H groups in total. The van der Waals surface area contributed by atoms with E-state index in [-0.39, 0.29) is 32.1 Å². The Morgan fingerprint density at radius 3 is 1.52 bits per heavy atom. The number of hydrogen-bond donors (Lipinski definition) is 8. The van der Waals surface area contributed by atoms with Crippen LogP contribution in [-0.4, -0.2) is 75.9 Å². The van der Waals surface area contributed by atoms with Gasteiger partial charge in [-0.3, -0.25) is 33.6 Å². The topological polar surface area (TPSA) is 274 Å². The standard InChI is InChI=1S/C18H30N6O9/c1-8(18(32)33)22-16(30)10(3-5-12(20)25)24-17(31)11(4-6-13(21)26)23-15(29)9(19)2-7-14(27)28/h8-11H,2-7,19H2,1H3,(H2,20,25)(H2,21,26)(H,22,30)(H,23,29)(H,24,31)(H,27,28)(H,32,33). The van der Waals surface area contributed by atoms with Crippen LogP contribution in [0.5, 0.6) is 0 Å². The van der Waals surface area contributed by atoms with E-state index in [9.17, 15) is 33.6 Å². The molecule has 4 unspecified atom stereocenters. The lowest BCUT2D eigenvalue weighted by Crippen LogP contribution is -2.57. The molecule has 0 radical (unpaired) electrons. The van der Waals surface area contributed by atoms with Gasteiger partial charge in [0.05, 0.1) is 6.04 Å². The number of carboxylic acids is 2. The van der Waals surface area contributed by atoms with E-state index in [1.165, 1.54) is 6.92 Å². The van der Waals surface area contributed by atoms with Gasteiger partial charge in [0, 0.05) is 19.3 Å². The van der Waals surface area contributed by atoms with Crippen LogP contribution in [0.2, 0.25) is 0 Å². The molecule has 0 rings (SSSR count). The molecule has 0 aromatic carbocycles. The summed E-state index contributed by atoms with van der Waals surface area (Å²) in [6.45, 7) is 1.18. The smallest absolute Gasteiger partial charge is 0.325 e. The number of hydrogen-bond acceptors (Lipinski definition) is 8. The summed E-state index contributed by atoms with van der Waals surface area (Å²) in [6.07, 6.45) is -1.80. The number of amides is 5. The predicted octanol–water partition coefficient (Wildman–Crippen LogP) is -3.73. The zero-order valence-electron chi connectivity index (χ0n) is 18.0. The molecule has 0 saturated carbocycles. The molecule has 0 aromatic rings. The van der Waals surface area contributed by atoms with Crippen LogP contribution in [0.3, 0.4) is 0 Å². The van der Waals surface area contributed by atoms with Crippen molar-refractivity contribution in [3.8, 4) is 0 Å². The van der Waals surface area contributed by atoms with E-state index in [0.717, 1.165) is 0 Å². The zero-order valence-corrected chi connectivity index (χ0v) is 18.0. The lowest BCUT2D eigenvalue weighted by Gasteiger charge is -2.24. The highest BCUT2D eigenvalue weighted by Gasteiger charge is 2.29. The molecular formula is C18H30N6O9.